The molecular formula is C10H7Cl2F3N2O. The summed E-state index contributed by atoms with van der Waals surface area (Å²) in [6.45, 7) is 0.215. The van der Waals surface area contributed by atoms with Crippen LogP contribution in [0, 0.1) is 0 Å². The lowest BCUT2D eigenvalue weighted by atomic mass is 10.3. The molecule has 0 radical (unpaired) electrons. The van der Waals surface area contributed by atoms with Gasteiger partial charge in [0, 0.05) is 13.0 Å². The van der Waals surface area contributed by atoms with Crippen molar-refractivity contribution in [2.24, 2.45) is 0 Å². The maximum absolute atomic E-state index is 12.4. The normalized spacial score (nSPS) is 20.6. The number of pyridine rings is 1. The smallest absolute Gasteiger partial charge is 0.308 e. The Morgan fingerprint density at radius 1 is 1.39 bits per heavy atom. The van der Waals surface area contributed by atoms with E-state index >= 15 is 0 Å². The zero-order valence-electron chi connectivity index (χ0n) is 8.84. The van der Waals surface area contributed by atoms with Crippen LogP contribution in [0.25, 0.3) is 0 Å². The van der Waals surface area contributed by atoms with Crippen LogP contribution >= 0.6 is 23.2 Å². The second-order valence-corrected chi connectivity index (χ2v) is 4.79. The van der Waals surface area contributed by atoms with Crippen LogP contribution in [-0.4, -0.2) is 22.8 Å². The summed E-state index contributed by atoms with van der Waals surface area (Å²) in [5.41, 5.74) is -0.942. The van der Waals surface area contributed by atoms with Gasteiger partial charge < -0.3 is 4.90 Å². The lowest BCUT2D eigenvalue weighted by Crippen LogP contribution is -2.25. The fourth-order valence-electron chi connectivity index (χ4n) is 1.68. The minimum atomic E-state index is -4.56. The molecule has 0 bridgehead atoms. The molecule has 8 heteroatoms. The maximum Gasteiger partial charge on any atom is 0.433 e. The third-order valence-electron chi connectivity index (χ3n) is 2.49. The Bertz CT molecular complexity index is 493. The summed E-state index contributed by atoms with van der Waals surface area (Å²) in [7, 11) is 0. The van der Waals surface area contributed by atoms with Crippen LogP contribution in [0.3, 0.4) is 0 Å². The summed E-state index contributed by atoms with van der Waals surface area (Å²) < 4.78 is 37.2. The van der Waals surface area contributed by atoms with Crippen LogP contribution in [0.5, 0.6) is 0 Å². The predicted octanol–water partition coefficient (Wildman–Crippen LogP) is 3.10. The summed E-state index contributed by atoms with van der Waals surface area (Å²) in [6.07, 6.45) is -4.43. The fourth-order valence-corrected chi connectivity index (χ4v) is 2.21. The van der Waals surface area contributed by atoms with E-state index in [1.54, 1.807) is 0 Å². The average molecular weight is 299 g/mol. The molecule has 1 amide bonds. The molecule has 1 aliphatic heterocycles. The highest BCUT2D eigenvalue weighted by Crippen LogP contribution is 2.34. The van der Waals surface area contributed by atoms with E-state index in [0.29, 0.717) is 0 Å². The van der Waals surface area contributed by atoms with E-state index in [4.69, 9.17) is 23.2 Å². The molecule has 0 saturated carbocycles. The van der Waals surface area contributed by atoms with Gasteiger partial charge in [-0.15, -0.1) is 11.6 Å². The van der Waals surface area contributed by atoms with Gasteiger partial charge in [0.05, 0.1) is 11.1 Å². The summed E-state index contributed by atoms with van der Waals surface area (Å²) in [5, 5.41) is -0.722. The zero-order valence-corrected chi connectivity index (χ0v) is 10.4. The van der Waals surface area contributed by atoms with Crippen molar-refractivity contribution in [1.82, 2.24) is 4.98 Å². The Labute approximate surface area is 110 Å². The van der Waals surface area contributed by atoms with Gasteiger partial charge in [0.15, 0.2) is 5.15 Å². The Balaban J connectivity index is 2.34. The maximum atomic E-state index is 12.4. The Kier molecular flexibility index (Phi) is 3.42. The first-order valence-corrected chi connectivity index (χ1v) is 5.78. The van der Waals surface area contributed by atoms with E-state index < -0.39 is 11.9 Å². The van der Waals surface area contributed by atoms with Gasteiger partial charge in [0.1, 0.15) is 5.69 Å². The van der Waals surface area contributed by atoms with Crippen molar-refractivity contribution in [3.05, 3.63) is 23.0 Å². The molecule has 0 aromatic carbocycles. The summed E-state index contributed by atoms with van der Waals surface area (Å²) in [4.78, 5) is 16.0. The molecular weight excluding hydrogens is 292 g/mol. The molecule has 0 N–H and O–H groups in total. The third-order valence-corrected chi connectivity index (χ3v) is 3.06. The van der Waals surface area contributed by atoms with E-state index in [9.17, 15) is 18.0 Å². The molecule has 1 fully saturated rings. The monoisotopic (exact) mass is 298 g/mol. The number of nitrogens with zero attached hydrogens (tertiary/aromatic N) is 2. The Morgan fingerprint density at radius 2 is 2.06 bits per heavy atom. The molecule has 2 heterocycles. The highest BCUT2D eigenvalue weighted by molar-refractivity contribution is 6.33. The highest BCUT2D eigenvalue weighted by atomic mass is 35.5. The molecule has 3 nitrogen and oxygen atoms in total. The summed E-state index contributed by atoms with van der Waals surface area (Å²) in [6, 6.07) is 1.92. The van der Waals surface area contributed by atoms with Crippen molar-refractivity contribution in [2.75, 3.05) is 11.4 Å². The van der Waals surface area contributed by atoms with E-state index in [2.05, 4.69) is 4.98 Å². The highest BCUT2D eigenvalue weighted by Gasteiger charge is 2.35. The number of hydrogen-bond acceptors (Lipinski definition) is 2. The number of rotatable bonds is 1. The van der Waals surface area contributed by atoms with Crippen LogP contribution in [0.15, 0.2) is 12.1 Å². The number of halogens is 5. The molecule has 0 aliphatic carbocycles. The van der Waals surface area contributed by atoms with E-state index in [1.807, 2.05) is 0 Å². The number of aromatic nitrogens is 1. The topological polar surface area (TPSA) is 33.2 Å². The van der Waals surface area contributed by atoms with Crippen LogP contribution in [0.1, 0.15) is 12.1 Å². The van der Waals surface area contributed by atoms with Crippen molar-refractivity contribution in [3.8, 4) is 0 Å². The van der Waals surface area contributed by atoms with Gasteiger partial charge in [-0.3, -0.25) is 4.79 Å². The van der Waals surface area contributed by atoms with Gasteiger partial charge in [-0.25, -0.2) is 4.98 Å². The molecule has 1 unspecified atom stereocenters. The first kappa shape index (κ1) is 13.4. The molecule has 0 spiro atoms. The standard InChI is InChI=1S/C10H7Cl2F3N2O/c11-5-3-8(18)17(4-5)6-1-2-7(10(13,14)15)16-9(6)12/h1-2,5H,3-4H2. The molecule has 1 saturated heterocycles. The lowest BCUT2D eigenvalue weighted by Gasteiger charge is -2.17. The SMILES string of the molecule is O=C1CC(Cl)CN1c1ccc(C(F)(F)F)nc1Cl. The van der Waals surface area contributed by atoms with E-state index in [1.165, 1.54) is 4.90 Å². The summed E-state index contributed by atoms with van der Waals surface area (Å²) in [5.74, 6) is -0.279. The van der Waals surface area contributed by atoms with Crippen LogP contribution < -0.4 is 4.90 Å². The van der Waals surface area contributed by atoms with Crippen LogP contribution in [0.2, 0.25) is 5.15 Å². The molecule has 18 heavy (non-hydrogen) atoms. The number of alkyl halides is 4. The van der Waals surface area contributed by atoms with Crippen LogP contribution in [-0.2, 0) is 11.0 Å². The quantitative estimate of drug-likeness (QED) is 0.590. The second-order valence-electron chi connectivity index (χ2n) is 3.81. The zero-order chi connectivity index (χ0) is 13.5. The summed E-state index contributed by atoms with van der Waals surface area (Å²) >= 11 is 11.5. The van der Waals surface area contributed by atoms with E-state index in [-0.39, 0.29) is 35.1 Å². The van der Waals surface area contributed by atoms with Gasteiger partial charge in [-0.05, 0) is 12.1 Å². The number of amides is 1. The Hall–Kier alpha value is -1.01. The van der Waals surface area contributed by atoms with Crippen molar-refractivity contribution in [1.29, 1.82) is 0 Å². The molecule has 1 aromatic rings. The molecule has 1 aromatic heterocycles. The van der Waals surface area contributed by atoms with Crippen molar-refractivity contribution in [3.63, 3.8) is 0 Å². The minimum Gasteiger partial charge on any atom is -0.308 e. The van der Waals surface area contributed by atoms with Gasteiger partial charge in [-0.1, -0.05) is 11.6 Å². The third kappa shape index (κ3) is 2.54. The first-order chi connectivity index (χ1) is 8.29. The van der Waals surface area contributed by atoms with Crippen molar-refractivity contribution in [2.45, 2.75) is 18.0 Å². The van der Waals surface area contributed by atoms with Gasteiger partial charge in [-0.2, -0.15) is 13.2 Å². The molecule has 98 valence electrons. The Morgan fingerprint density at radius 3 is 2.50 bits per heavy atom. The minimum absolute atomic E-state index is 0.138. The average Bonchev–Trinajstić information content (AvgIpc) is 2.56. The van der Waals surface area contributed by atoms with Crippen molar-refractivity contribution >= 4 is 34.8 Å². The predicted molar refractivity (Wildman–Crippen MR) is 60.9 cm³/mol. The number of carbonyl (C=O) groups is 1. The molecule has 1 aliphatic rings. The largest absolute Gasteiger partial charge is 0.433 e. The fraction of sp³-hybridized carbons (Fsp3) is 0.400. The first-order valence-electron chi connectivity index (χ1n) is 4.97. The van der Waals surface area contributed by atoms with Crippen molar-refractivity contribution < 1.29 is 18.0 Å². The molecule has 2 rings (SSSR count). The second kappa shape index (κ2) is 4.59. The lowest BCUT2D eigenvalue weighted by molar-refractivity contribution is -0.141. The number of carbonyl (C=O) groups excluding carboxylic acids is 1. The van der Waals surface area contributed by atoms with Crippen LogP contribution in [0.4, 0.5) is 18.9 Å². The number of hydrogen-bond donors (Lipinski definition) is 0. The van der Waals surface area contributed by atoms with E-state index in [0.717, 1.165) is 12.1 Å². The molecule has 1 atom stereocenters. The number of anilines is 1. The van der Waals surface area contributed by atoms with Gasteiger partial charge >= 0.3 is 6.18 Å². The van der Waals surface area contributed by atoms with Gasteiger partial charge in [0.2, 0.25) is 5.91 Å². The van der Waals surface area contributed by atoms with Gasteiger partial charge in [0.25, 0.3) is 0 Å².